The third kappa shape index (κ3) is 3.44. The van der Waals surface area contributed by atoms with Crippen LogP contribution in [0.2, 0.25) is 0 Å². The molecule has 2 aromatic heterocycles. The molecule has 1 aromatic carbocycles. The second kappa shape index (κ2) is 6.62. The first-order valence-electron chi connectivity index (χ1n) is 8.06. The minimum Gasteiger partial charge on any atom is -0.351 e. The van der Waals surface area contributed by atoms with Crippen molar-refractivity contribution < 1.29 is 13.2 Å². The number of nitrogens with one attached hydrogen (secondary N) is 2. The zero-order chi connectivity index (χ0) is 18.1. The Kier molecular flexibility index (Phi) is 4.16. The average molecular weight is 357 g/mol. The van der Waals surface area contributed by atoms with E-state index in [0.29, 0.717) is 11.6 Å². The van der Waals surface area contributed by atoms with Crippen molar-refractivity contribution in [1.29, 1.82) is 0 Å². The maximum Gasteiger partial charge on any atom is 0.225 e. The maximum absolute atomic E-state index is 13.9. The van der Waals surface area contributed by atoms with Crippen LogP contribution in [0.5, 0.6) is 0 Å². The highest BCUT2D eigenvalue weighted by Gasteiger charge is 2.23. The third-order valence-electron chi connectivity index (χ3n) is 3.91. The first-order valence-corrected chi connectivity index (χ1v) is 8.06. The molecule has 2 heterocycles. The van der Waals surface area contributed by atoms with Gasteiger partial charge in [-0.3, -0.25) is 4.98 Å². The molecular formula is C18H14F3N5. The van der Waals surface area contributed by atoms with E-state index in [9.17, 15) is 13.2 Å². The Labute approximate surface area is 147 Å². The fourth-order valence-corrected chi connectivity index (χ4v) is 2.43. The van der Waals surface area contributed by atoms with Crippen molar-refractivity contribution in [3.63, 3.8) is 0 Å². The number of hydrogen-bond acceptors (Lipinski definition) is 5. The van der Waals surface area contributed by atoms with Crippen LogP contribution in [0.15, 0.2) is 42.7 Å². The molecule has 8 heteroatoms. The van der Waals surface area contributed by atoms with Gasteiger partial charge in [0.25, 0.3) is 0 Å². The van der Waals surface area contributed by atoms with Crippen molar-refractivity contribution in [3.8, 4) is 11.3 Å². The van der Waals surface area contributed by atoms with E-state index < -0.39 is 23.1 Å². The molecule has 0 amide bonds. The van der Waals surface area contributed by atoms with Crippen LogP contribution in [0.25, 0.3) is 11.3 Å². The molecule has 0 aliphatic heterocycles. The highest BCUT2D eigenvalue weighted by atomic mass is 19.2. The lowest BCUT2D eigenvalue weighted by atomic mass is 10.2. The van der Waals surface area contributed by atoms with Gasteiger partial charge in [0.15, 0.2) is 11.6 Å². The normalized spacial score (nSPS) is 13.5. The summed E-state index contributed by atoms with van der Waals surface area (Å²) < 4.78 is 41.3. The minimum atomic E-state index is -1.30. The summed E-state index contributed by atoms with van der Waals surface area (Å²) in [6.07, 6.45) is 5.26. The number of halogens is 3. The summed E-state index contributed by atoms with van der Waals surface area (Å²) in [6, 6.07) is 6.94. The fourth-order valence-electron chi connectivity index (χ4n) is 2.43. The van der Waals surface area contributed by atoms with E-state index in [-0.39, 0.29) is 11.9 Å². The lowest BCUT2D eigenvalue weighted by Gasteiger charge is -2.12. The molecule has 3 aromatic rings. The van der Waals surface area contributed by atoms with Crippen LogP contribution in [-0.2, 0) is 0 Å². The SMILES string of the molecule is Fc1ccc(F)c(Nc2cc(-c3ccncc3)nc(NC3CC3)n2)c1F. The van der Waals surface area contributed by atoms with Crippen molar-refractivity contribution in [2.45, 2.75) is 18.9 Å². The van der Waals surface area contributed by atoms with E-state index >= 15 is 0 Å². The molecule has 132 valence electrons. The van der Waals surface area contributed by atoms with Gasteiger partial charge in [0.1, 0.15) is 17.3 Å². The van der Waals surface area contributed by atoms with Gasteiger partial charge in [-0.2, -0.15) is 4.98 Å². The van der Waals surface area contributed by atoms with Crippen molar-refractivity contribution in [2.24, 2.45) is 0 Å². The summed E-state index contributed by atoms with van der Waals surface area (Å²) >= 11 is 0. The van der Waals surface area contributed by atoms with E-state index in [1.54, 1.807) is 24.5 Å². The van der Waals surface area contributed by atoms with Gasteiger partial charge >= 0.3 is 0 Å². The molecule has 26 heavy (non-hydrogen) atoms. The summed E-state index contributed by atoms with van der Waals surface area (Å²) in [5.41, 5.74) is 0.719. The monoisotopic (exact) mass is 357 g/mol. The van der Waals surface area contributed by atoms with Gasteiger partial charge in [-0.25, -0.2) is 18.2 Å². The molecule has 2 N–H and O–H groups in total. The Bertz CT molecular complexity index is 945. The van der Waals surface area contributed by atoms with Crippen LogP contribution in [0.4, 0.5) is 30.6 Å². The predicted octanol–water partition coefficient (Wildman–Crippen LogP) is 4.27. The summed E-state index contributed by atoms with van der Waals surface area (Å²) in [6.45, 7) is 0. The molecule has 0 atom stereocenters. The number of rotatable bonds is 5. The van der Waals surface area contributed by atoms with Gasteiger partial charge in [0, 0.05) is 30.1 Å². The Morgan fingerprint density at radius 3 is 2.38 bits per heavy atom. The second-order valence-corrected chi connectivity index (χ2v) is 5.96. The van der Waals surface area contributed by atoms with Crippen LogP contribution in [0.3, 0.4) is 0 Å². The number of hydrogen-bond donors (Lipinski definition) is 2. The van der Waals surface area contributed by atoms with E-state index in [0.717, 1.165) is 30.5 Å². The van der Waals surface area contributed by atoms with Gasteiger partial charge in [-0.1, -0.05) is 0 Å². The van der Waals surface area contributed by atoms with Crippen LogP contribution < -0.4 is 10.6 Å². The molecule has 1 saturated carbocycles. The van der Waals surface area contributed by atoms with Crippen LogP contribution in [0.1, 0.15) is 12.8 Å². The zero-order valence-electron chi connectivity index (χ0n) is 13.5. The number of anilines is 3. The van der Waals surface area contributed by atoms with E-state index in [1.807, 2.05) is 0 Å². The quantitative estimate of drug-likeness (QED) is 0.668. The van der Waals surface area contributed by atoms with E-state index in [1.165, 1.54) is 6.07 Å². The van der Waals surface area contributed by atoms with Crippen LogP contribution in [0, 0.1) is 17.5 Å². The molecule has 1 aliphatic carbocycles. The number of pyridine rings is 1. The topological polar surface area (TPSA) is 62.7 Å². The molecule has 5 nitrogen and oxygen atoms in total. The maximum atomic E-state index is 13.9. The highest BCUT2D eigenvalue weighted by molar-refractivity contribution is 5.67. The van der Waals surface area contributed by atoms with Crippen LogP contribution in [-0.4, -0.2) is 21.0 Å². The van der Waals surface area contributed by atoms with Crippen molar-refractivity contribution >= 4 is 17.5 Å². The Balaban J connectivity index is 1.74. The predicted molar refractivity (Wildman–Crippen MR) is 91.5 cm³/mol. The molecule has 4 rings (SSSR count). The summed E-state index contributed by atoms with van der Waals surface area (Å²) in [7, 11) is 0. The Hall–Kier alpha value is -3.16. The summed E-state index contributed by atoms with van der Waals surface area (Å²) in [5, 5.41) is 5.68. The molecule has 0 saturated heterocycles. The second-order valence-electron chi connectivity index (χ2n) is 5.96. The molecule has 0 radical (unpaired) electrons. The van der Waals surface area contributed by atoms with Crippen molar-refractivity contribution in [1.82, 2.24) is 15.0 Å². The fraction of sp³-hybridized carbons (Fsp3) is 0.167. The molecular weight excluding hydrogens is 343 g/mol. The first kappa shape index (κ1) is 16.3. The van der Waals surface area contributed by atoms with Gasteiger partial charge in [-0.15, -0.1) is 0 Å². The molecule has 1 fully saturated rings. The van der Waals surface area contributed by atoms with E-state index in [4.69, 9.17) is 0 Å². The standard InChI is InChI=1S/C18H14F3N5/c19-12-3-4-13(20)17(16(12)21)25-15-9-14(10-5-7-22-8-6-10)24-18(26-15)23-11-1-2-11/h3-9,11H,1-2H2,(H2,23,24,25,26). The Morgan fingerprint density at radius 1 is 0.923 bits per heavy atom. The molecule has 0 spiro atoms. The summed E-state index contributed by atoms with van der Waals surface area (Å²) in [4.78, 5) is 12.6. The van der Waals surface area contributed by atoms with Gasteiger partial charge in [0.05, 0.1) is 5.69 Å². The average Bonchev–Trinajstić information content (AvgIpc) is 3.46. The zero-order valence-corrected chi connectivity index (χ0v) is 13.5. The van der Waals surface area contributed by atoms with Crippen LogP contribution >= 0.6 is 0 Å². The highest BCUT2D eigenvalue weighted by Crippen LogP contribution is 2.29. The lowest BCUT2D eigenvalue weighted by molar-refractivity contribution is 0.499. The third-order valence-corrected chi connectivity index (χ3v) is 3.91. The minimum absolute atomic E-state index is 0.151. The Morgan fingerprint density at radius 2 is 1.65 bits per heavy atom. The molecule has 0 unspecified atom stereocenters. The number of nitrogens with zero attached hydrogens (tertiary/aromatic N) is 3. The van der Waals surface area contributed by atoms with Crippen molar-refractivity contribution in [3.05, 3.63) is 60.2 Å². The van der Waals surface area contributed by atoms with Crippen molar-refractivity contribution in [2.75, 3.05) is 10.6 Å². The molecule has 0 bridgehead atoms. The van der Waals surface area contributed by atoms with E-state index in [2.05, 4.69) is 25.6 Å². The number of aromatic nitrogens is 3. The van der Waals surface area contributed by atoms with Gasteiger partial charge in [-0.05, 0) is 37.1 Å². The lowest BCUT2D eigenvalue weighted by Crippen LogP contribution is -2.09. The van der Waals surface area contributed by atoms with Gasteiger partial charge < -0.3 is 10.6 Å². The summed E-state index contributed by atoms with van der Waals surface area (Å²) in [5.74, 6) is -2.87. The van der Waals surface area contributed by atoms with Gasteiger partial charge in [0.2, 0.25) is 5.95 Å². The largest absolute Gasteiger partial charge is 0.351 e. The smallest absolute Gasteiger partial charge is 0.225 e. The molecule has 1 aliphatic rings. The number of benzene rings is 1. The first-order chi connectivity index (χ1) is 12.6.